The van der Waals surface area contributed by atoms with Crippen LogP contribution >= 0.6 is 11.8 Å². The summed E-state index contributed by atoms with van der Waals surface area (Å²) in [6.07, 6.45) is 5.10. The number of halogens is 2. The van der Waals surface area contributed by atoms with E-state index in [1.165, 1.54) is 23.9 Å². The molecule has 0 atom stereocenters. The van der Waals surface area contributed by atoms with Gasteiger partial charge in [0.15, 0.2) is 5.16 Å². The minimum atomic E-state index is -0.579. The van der Waals surface area contributed by atoms with E-state index in [2.05, 4.69) is 9.97 Å². The van der Waals surface area contributed by atoms with Gasteiger partial charge in [0.2, 0.25) is 0 Å². The summed E-state index contributed by atoms with van der Waals surface area (Å²) in [4.78, 5) is 7.63. The number of imidazole rings is 1. The average molecular weight is 324 g/mol. The molecule has 0 spiro atoms. The van der Waals surface area contributed by atoms with Gasteiger partial charge in [-0.25, -0.2) is 13.8 Å². The van der Waals surface area contributed by atoms with Gasteiger partial charge in [-0.2, -0.15) is 0 Å². The molecular formula is C16H18F2N2OS. The van der Waals surface area contributed by atoms with Crippen molar-refractivity contribution in [2.24, 2.45) is 0 Å². The number of aromatic nitrogens is 2. The van der Waals surface area contributed by atoms with Crippen molar-refractivity contribution in [2.45, 2.75) is 24.9 Å². The molecule has 1 heterocycles. The molecular weight excluding hydrogens is 306 g/mol. The SMILES string of the molecule is CC/C=c1/[nH]c(SCCO)n/c1=C/Cc1cc(F)cc(F)c1. The van der Waals surface area contributed by atoms with Crippen molar-refractivity contribution >= 4 is 23.9 Å². The van der Waals surface area contributed by atoms with Crippen LogP contribution in [0.5, 0.6) is 0 Å². The molecule has 0 saturated carbocycles. The van der Waals surface area contributed by atoms with Crippen LogP contribution in [0.15, 0.2) is 23.4 Å². The number of aromatic amines is 1. The molecule has 118 valence electrons. The summed E-state index contributed by atoms with van der Waals surface area (Å²) in [5.41, 5.74) is 0.563. The Bertz CT molecular complexity index is 723. The van der Waals surface area contributed by atoms with E-state index in [0.29, 0.717) is 17.7 Å². The molecule has 2 aromatic rings. The molecule has 0 aliphatic carbocycles. The van der Waals surface area contributed by atoms with E-state index < -0.39 is 11.6 Å². The molecule has 0 unspecified atom stereocenters. The van der Waals surface area contributed by atoms with Crippen molar-refractivity contribution in [1.82, 2.24) is 9.97 Å². The van der Waals surface area contributed by atoms with E-state index in [9.17, 15) is 8.78 Å². The third-order valence-corrected chi connectivity index (χ3v) is 3.78. The van der Waals surface area contributed by atoms with E-state index in [0.717, 1.165) is 28.3 Å². The lowest BCUT2D eigenvalue weighted by Crippen LogP contribution is -2.24. The molecule has 1 aromatic heterocycles. The number of hydrogen-bond acceptors (Lipinski definition) is 3. The van der Waals surface area contributed by atoms with Gasteiger partial charge in [0, 0.05) is 11.8 Å². The number of H-pyrrole nitrogens is 1. The Morgan fingerprint density at radius 3 is 2.59 bits per heavy atom. The largest absolute Gasteiger partial charge is 0.396 e. The van der Waals surface area contributed by atoms with Crippen LogP contribution in [-0.2, 0) is 6.42 Å². The Morgan fingerprint density at radius 2 is 1.95 bits per heavy atom. The van der Waals surface area contributed by atoms with Crippen LogP contribution < -0.4 is 10.7 Å². The van der Waals surface area contributed by atoms with Crippen molar-refractivity contribution in [3.8, 4) is 0 Å². The fourth-order valence-electron chi connectivity index (χ4n) is 2.05. The van der Waals surface area contributed by atoms with Gasteiger partial charge >= 0.3 is 0 Å². The number of benzene rings is 1. The van der Waals surface area contributed by atoms with Crippen molar-refractivity contribution in [3.05, 3.63) is 46.1 Å². The van der Waals surface area contributed by atoms with Crippen LogP contribution in [0.25, 0.3) is 12.2 Å². The highest BCUT2D eigenvalue weighted by atomic mass is 32.2. The first-order chi connectivity index (χ1) is 10.6. The molecule has 0 aliphatic heterocycles. The highest BCUT2D eigenvalue weighted by Gasteiger charge is 2.02. The highest BCUT2D eigenvalue weighted by Crippen LogP contribution is 2.09. The van der Waals surface area contributed by atoms with Crippen LogP contribution in [0.4, 0.5) is 8.78 Å². The summed E-state index contributed by atoms with van der Waals surface area (Å²) < 4.78 is 26.4. The maximum atomic E-state index is 13.2. The second kappa shape index (κ2) is 8.10. The molecule has 3 nitrogen and oxygen atoms in total. The fourth-order valence-corrected chi connectivity index (χ4v) is 2.68. The van der Waals surface area contributed by atoms with Crippen molar-refractivity contribution < 1.29 is 13.9 Å². The van der Waals surface area contributed by atoms with Crippen molar-refractivity contribution in [3.63, 3.8) is 0 Å². The second-order valence-electron chi connectivity index (χ2n) is 4.71. The van der Waals surface area contributed by atoms with Gasteiger partial charge in [-0.05, 0) is 30.5 Å². The number of hydrogen-bond donors (Lipinski definition) is 2. The molecule has 2 N–H and O–H groups in total. The average Bonchev–Trinajstić information content (AvgIpc) is 2.84. The van der Waals surface area contributed by atoms with E-state index in [4.69, 9.17) is 5.11 Å². The summed E-state index contributed by atoms with van der Waals surface area (Å²) in [6, 6.07) is 3.49. The zero-order valence-electron chi connectivity index (χ0n) is 12.3. The first-order valence-corrected chi connectivity index (χ1v) is 8.06. The van der Waals surface area contributed by atoms with Crippen LogP contribution in [0.3, 0.4) is 0 Å². The molecule has 0 fully saturated rings. The first-order valence-electron chi connectivity index (χ1n) is 7.07. The third-order valence-electron chi connectivity index (χ3n) is 2.93. The Hall–Kier alpha value is -1.66. The van der Waals surface area contributed by atoms with Crippen molar-refractivity contribution in [2.75, 3.05) is 12.4 Å². The van der Waals surface area contributed by atoms with Crippen LogP contribution in [0.2, 0.25) is 0 Å². The normalized spacial score (nSPS) is 13.1. The lowest BCUT2D eigenvalue weighted by molar-refractivity contribution is 0.322. The Morgan fingerprint density at radius 1 is 1.23 bits per heavy atom. The molecule has 0 aliphatic rings. The molecule has 1 aromatic carbocycles. The van der Waals surface area contributed by atoms with Gasteiger partial charge in [-0.3, -0.25) is 0 Å². The zero-order chi connectivity index (χ0) is 15.9. The minimum Gasteiger partial charge on any atom is -0.396 e. The van der Waals surface area contributed by atoms with E-state index in [1.54, 1.807) is 0 Å². The van der Waals surface area contributed by atoms with Crippen molar-refractivity contribution in [1.29, 1.82) is 0 Å². The number of nitrogens with zero attached hydrogens (tertiary/aromatic N) is 1. The summed E-state index contributed by atoms with van der Waals surface area (Å²) in [7, 11) is 0. The lowest BCUT2D eigenvalue weighted by Gasteiger charge is -1.97. The number of aliphatic hydroxyl groups excluding tert-OH is 1. The monoisotopic (exact) mass is 324 g/mol. The predicted octanol–water partition coefficient (Wildman–Crippen LogP) is 1.99. The highest BCUT2D eigenvalue weighted by molar-refractivity contribution is 7.99. The Kier molecular flexibility index (Phi) is 6.15. The zero-order valence-corrected chi connectivity index (χ0v) is 13.1. The quantitative estimate of drug-likeness (QED) is 0.799. The van der Waals surface area contributed by atoms with Gasteiger partial charge in [0.25, 0.3) is 0 Å². The number of nitrogens with one attached hydrogen (secondary N) is 1. The Labute approximate surface area is 131 Å². The fraction of sp³-hybridized carbons (Fsp3) is 0.312. The summed E-state index contributed by atoms with van der Waals surface area (Å²) in [5.74, 6) is -0.594. The van der Waals surface area contributed by atoms with Crippen LogP contribution in [-0.4, -0.2) is 27.4 Å². The molecule has 0 amide bonds. The van der Waals surface area contributed by atoms with E-state index >= 15 is 0 Å². The first kappa shape index (κ1) is 16.7. The smallest absolute Gasteiger partial charge is 0.166 e. The van der Waals surface area contributed by atoms with E-state index in [1.807, 2.05) is 19.1 Å². The summed E-state index contributed by atoms with van der Waals surface area (Å²) in [6.45, 7) is 2.10. The maximum Gasteiger partial charge on any atom is 0.166 e. The van der Waals surface area contributed by atoms with Gasteiger partial charge in [-0.1, -0.05) is 30.8 Å². The molecule has 2 rings (SSSR count). The minimum absolute atomic E-state index is 0.0831. The van der Waals surface area contributed by atoms with Crippen LogP contribution in [0.1, 0.15) is 18.9 Å². The molecule has 0 bridgehead atoms. The standard InChI is InChI=1S/C16H18F2N2OS/c1-2-3-14-15(20-16(19-14)22-7-6-21)5-4-11-8-12(17)10-13(18)9-11/h3,5,8-10,21H,2,4,6-7H2,1H3,(H,19,20)/b14-3+,15-5+. The Balaban J connectivity index is 2.29. The van der Waals surface area contributed by atoms with Gasteiger partial charge in [0.1, 0.15) is 11.6 Å². The molecule has 22 heavy (non-hydrogen) atoms. The number of rotatable bonds is 6. The lowest BCUT2D eigenvalue weighted by atomic mass is 10.1. The molecule has 0 radical (unpaired) electrons. The van der Waals surface area contributed by atoms with E-state index in [-0.39, 0.29) is 6.61 Å². The van der Waals surface area contributed by atoms with Gasteiger partial charge in [0.05, 0.1) is 17.3 Å². The number of aliphatic hydroxyl groups is 1. The predicted molar refractivity (Wildman–Crippen MR) is 84.9 cm³/mol. The van der Waals surface area contributed by atoms with Crippen LogP contribution in [0, 0.1) is 11.6 Å². The second-order valence-corrected chi connectivity index (χ2v) is 5.79. The van der Waals surface area contributed by atoms with Gasteiger partial charge in [-0.15, -0.1) is 0 Å². The van der Waals surface area contributed by atoms with Gasteiger partial charge < -0.3 is 10.1 Å². The third kappa shape index (κ3) is 4.68. The number of thioether (sulfide) groups is 1. The molecule has 6 heteroatoms. The summed E-state index contributed by atoms with van der Waals surface area (Å²) >= 11 is 1.43. The maximum absolute atomic E-state index is 13.2. The topological polar surface area (TPSA) is 48.9 Å². The molecule has 0 saturated heterocycles. The summed E-state index contributed by atoms with van der Waals surface area (Å²) in [5, 5.41) is 11.2.